The lowest BCUT2D eigenvalue weighted by Crippen LogP contribution is -1.99. The highest BCUT2D eigenvalue weighted by molar-refractivity contribution is 5.40. The van der Waals surface area contributed by atoms with Crippen LogP contribution in [0.25, 0.3) is 0 Å². The Morgan fingerprint density at radius 1 is 0.786 bits per heavy atom. The molecule has 14 heavy (non-hydrogen) atoms. The highest BCUT2D eigenvalue weighted by Gasteiger charge is 2.09. The lowest BCUT2D eigenvalue weighted by atomic mass is 9.89. The van der Waals surface area contributed by atoms with Crippen molar-refractivity contribution in [1.82, 2.24) is 0 Å². The number of aryl methyl sites for hydroxylation is 2. The van der Waals surface area contributed by atoms with Gasteiger partial charge >= 0.3 is 0 Å². The van der Waals surface area contributed by atoms with Gasteiger partial charge in [0, 0.05) is 0 Å². The second-order valence-electron chi connectivity index (χ2n) is 4.88. The molecule has 0 saturated carbocycles. The van der Waals surface area contributed by atoms with Gasteiger partial charge in [0.1, 0.15) is 0 Å². The van der Waals surface area contributed by atoms with Crippen molar-refractivity contribution >= 4 is 0 Å². The SMILES string of the molecule is Cc1cc(C(C)C)cc(C)c1C(C)C. The molecule has 0 aliphatic heterocycles. The summed E-state index contributed by atoms with van der Waals surface area (Å²) in [7, 11) is 0. The lowest BCUT2D eigenvalue weighted by Gasteiger charge is -2.17. The van der Waals surface area contributed by atoms with Crippen LogP contribution in [-0.2, 0) is 0 Å². The van der Waals surface area contributed by atoms with Gasteiger partial charge in [-0.25, -0.2) is 0 Å². The third kappa shape index (κ3) is 2.17. The van der Waals surface area contributed by atoms with E-state index >= 15 is 0 Å². The molecule has 0 bridgehead atoms. The van der Waals surface area contributed by atoms with Crippen molar-refractivity contribution in [2.24, 2.45) is 0 Å². The molecule has 0 heteroatoms. The van der Waals surface area contributed by atoms with Crippen LogP contribution < -0.4 is 0 Å². The number of hydrogen-bond donors (Lipinski definition) is 0. The first-order valence-electron chi connectivity index (χ1n) is 5.54. The third-order valence-electron chi connectivity index (χ3n) is 2.86. The van der Waals surface area contributed by atoms with E-state index in [-0.39, 0.29) is 0 Å². The lowest BCUT2D eigenvalue weighted by molar-refractivity contribution is 0.826. The highest BCUT2D eigenvalue weighted by atomic mass is 14.1. The van der Waals surface area contributed by atoms with Crippen LogP contribution in [0.15, 0.2) is 12.1 Å². The monoisotopic (exact) mass is 190 g/mol. The van der Waals surface area contributed by atoms with E-state index in [0.29, 0.717) is 11.8 Å². The fourth-order valence-corrected chi connectivity index (χ4v) is 2.25. The predicted molar refractivity (Wildman–Crippen MR) is 64.1 cm³/mol. The summed E-state index contributed by atoms with van der Waals surface area (Å²) in [6.45, 7) is 13.5. The Labute approximate surface area is 88.4 Å². The standard InChI is InChI=1S/C14H22/c1-9(2)13-7-11(5)14(10(3)4)12(6)8-13/h7-10H,1-6H3. The summed E-state index contributed by atoms with van der Waals surface area (Å²) in [6, 6.07) is 4.68. The average Bonchev–Trinajstić information content (AvgIpc) is 2.01. The largest absolute Gasteiger partial charge is 0.0587 e. The molecule has 0 radical (unpaired) electrons. The van der Waals surface area contributed by atoms with Crippen molar-refractivity contribution in [3.63, 3.8) is 0 Å². The molecule has 0 nitrogen and oxygen atoms in total. The van der Waals surface area contributed by atoms with E-state index in [2.05, 4.69) is 53.7 Å². The summed E-state index contributed by atoms with van der Waals surface area (Å²) in [6.07, 6.45) is 0. The smallest absolute Gasteiger partial charge is 0.0214 e. The van der Waals surface area contributed by atoms with Gasteiger partial charge in [0.2, 0.25) is 0 Å². The molecule has 1 rings (SSSR count). The minimum atomic E-state index is 0.633. The second-order valence-corrected chi connectivity index (χ2v) is 4.88. The van der Waals surface area contributed by atoms with Gasteiger partial charge in [-0.05, 0) is 47.9 Å². The van der Waals surface area contributed by atoms with Crippen LogP contribution in [0.4, 0.5) is 0 Å². The van der Waals surface area contributed by atoms with Gasteiger partial charge in [0.15, 0.2) is 0 Å². The molecule has 0 saturated heterocycles. The second kappa shape index (κ2) is 4.16. The summed E-state index contributed by atoms with van der Waals surface area (Å²) in [5, 5.41) is 0. The van der Waals surface area contributed by atoms with Crippen molar-refractivity contribution < 1.29 is 0 Å². The van der Waals surface area contributed by atoms with Crippen molar-refractivity contribution in [1.29, 1.82) is 0 Å². The maximum atomic E-state index is 2.34. The van der Waals surface area contributed by atoms with E-state index in [1.165, 1.54) is 22.3 Å². The van der Waals surface area contributed by atoms with Crippen LogP contribution in [-0.4, -0.2) is 0 Å². The van der Waals surface area contributed by atoms with E-state index in [1.54, 1.807) is 0 Å². The van der Waals surface area contributed by atoms with Crippen molar-refractivity contribution in [2.45, 2.75) is 53.4 Å². The topological polar surface area (TPSA) is 0 Å². The Hall–Kier alpha value is -0.780. The molecule has 0 heterocycles. The molecule has 0 aliphatic carbocycles. The summed E-state index contributed by atoms with van der Waals surface area (Å²) in [4.78, 5) is 0. The average molecular weight is 190 g/mol. The molecule has 0 aliphatic rings. The van der Waals surface area contributed by atoms with Crippen LogP contribution >= 0.6 is 0 Å². The Morgan fingerprint density at radius 3 is 1.50 bits per heavy atom. The molecule has 0 N–H and O–H groups in total. The van der Waals surface area contributed by atoms with E-state index in [9.17, 15) is 0 Å². The molecule has 78 valence electrons. The van der Waals surface area contributed by atoms with Crippen LogP contribution in [0.2, 0.25) is 0 Å². The van der Waals surface area contributed by atoms with Crippen molar-refractivity contribution in [3.05, 3.63) is 34.4 Å². The van der Waals surface area contributed by atoms with Gasteiger partial charge in [-0.1, -0.05) is 39.8 Å². The maximum Gasteiger partial charge on any atom is -0.0214 e. The minimum absolute atomic E-state index is 0.633. The molecular formula is C14H22. The first-order valence-corrected chi connectivity index (χ1v) is 5.54. The number of rotatable bonds is 2. The van der Waals surface area contributed by atoms with Gasteiger partial charge in [0.25, 0.3) is 0 Å². The van der Waals surface area contributed by atoms with Gasteiger partial charge in [0.05, 0.1) is 0 Å². The van der Waals surface area contributed by atoms with E-state index in [0.717, 1.165) is 0 Å². The van der Waals surface area contributed by atoms with Crippen LogP contribution in [0.1, 0.15) is 61.8 Å². The van der Waals surface area contributed by atoms with Crippen molar-refractivity contribution in [3.8, 4) is 0 Å². The fourth-order valence-electron chi connectivity index (χ4n) is 2.25. The van der Waals surface area contributed by atoms with E-state index in [4.69, 9.17) is 0 Å². The molecule has 1 aromatic rings. The Balaban J connectivity index is 3.25. The predicted octanol–water partition coefficient (Wildman–Crippen LogP) is 4.55. The first-order chi connectivity index (χ1) is 6.43. The van der Waals surface area contributed by atoms with E-state index < -0.39 is 0 Å². The van der Waals surface area contributed by atoms with Gasteiger partial charge in [-0.3, -0.25) is 0 Å². The van der Waals surface area contributed by atoms with E-state index in [1.807, 2.05) is 0 Å². The quantitative estimate of drug-likeness (QED) is 0.641. The molecule has 1 aromatic carbocycles. The zero-order valence-electron chi connectivity index (χ0n) is 10.3. The zero-order valence-corrected chi connectivity index (χ0v) is 10.3. The van der Waals surface area contributed by atoms with Crippen molar-refractivity contribution in [2.75, 3.05) is 0 Å². The Morgan fingerprint density at radius 2 is 1.21 bits per heavy atom. The van der Waals surface area contributed by atoms with Gasteiger partial charge in [-0.2, -0.15) is 0 Å². The minimum Gasteiger partial charge on any atom is -0.0587 e. The van der Waals surface area contributed by atoms with Crippen LogP contribution in [0.5, 0.6) is 0 Å². The Bertz CT molecular complexity index is 296. The Kier molecular flexibility index (Phi) is 3.36. The number of benzene rings is 1. The molecule has 0 fully saturated rings. The zero-order chi connectivity index (χ0) is 10.9. The highest BCUT2D eigenvalue weighted by Crippen LogP contribution is 2.27. The molecule has 0 spiro atoms. The molecular weight excluding hydrogens is 168 g/mol. The summed E-state index contributed by atoms with van der Waals surface area (Å²) < 4.78 is 0. The maximum absolute atomic E-state index is 2.34. The summed E-state index contributed by atoms with van der Waals surface area (Å²) in [5.74, 6) is 1.27. The fraction of sp³-hybridized carbons (Fsp3) is 0.571. The van der Waals surface area contributed by atoms with Crippen LogP contribution in [0, 0.1) is 13.8 Å². The van der Waals surface area contributed by atoms with Gasteiger partial charge in [-0.15, -0.1) is 0 Å². The number of hydrogen-bond acceptors (Lipinski definition) is 0. The van der Waals surface area contributed by atoms with Gasteiger partial charge < -0.3 is 0 Å². The van der Waals surface area contributed by atoms with Crippen LogP contribution in [0.3, 0.4) is 0 Å². The molecule has 0 aromatic heterocycles. The first kappa shape index (κ1) is 11.3. The molecule has 0 atom stereocenters. The normalized spacial score (nSPS) is 11.4. The summed E-state index contributed by atoms with van der Waals surface area (Å²) in [5.41, 5.74) is 5.88. The summed E-state index contributed by atoms with van der Waals surface area (Å²) >= 11 is 0. The molecule has 0 amide bonds. The third-order valence-corrected chi connectivity index (χ3v) is 2.86. The molecule has 0 unspecified atom stereocenters.